The fourth-order valence-corrected chi connectivity index (χ4v) is 7.93. The Labute approximate surface area is 225 Å². The predicted octanol–water partition coefficient (Wildman–Crippen LogP) is 5.68. The van der Waals surface area contributed by atoms with Crippen LogP contribution in [0.2, 0.25) is 0 Å². The number of nitrogens with one attached hydrogen (secondary N) is 1. The van der Waals surface area contributed by atoms with E-state index in [9.17, 15) is 9.59 Å². The Hall–Kier alpha value is -2.38. The van der Waals surface area contributed by atoms with Crippen LogP contribution in [-0.2, 0) is 22.6 Å². The molecule has 2 aromatic rings. The molecule has 4 aliphatic carbocycles. The van der Waals surface area contributed by atoms with Gasteiger partial charge in [-0.15, -0.1) is 11.3 Å². The molecular formula is C30H41N3O3S. The lowest BCUT2D eigenvalue weighted by atomic mass is 9.53. The topological polar surface area (TPSA) is 61.9 Å². The fraction of sp³-hybridized carbons (Fsp3) is 0.600. The number of ether oxygens (including phenoxy) is 1. The summed E-state index contributed by atoms with van der Waals surface area (Å²) in [6, 6.07) is 14.1. The van der Waals surface area contributed by atoms with Crippen LogP contribution >= 0.6 is 11.3 Å². The molecular weight excluding hydrogens is 482 g/mol. The van der Waals surface area contributed by atoms with Crippen LogP contribution in [0.1, 0.15) is 62.3 Å². The first-order valence-corrected chi connectivity index (χ1v) is 14.9. The van der Waals surface area contributed by atoms with Crippen LogP contribution < -0.4 is 5.32 Å². The third-order valence-corrected chi connectivity index (χ3v) is 9.30. The van der Waals surface area contributed by atoms with Crippen LogP contribution in [0.4, 0.5) is 4.79 Å². The van der Waals surface area contributed by atoms with E-state index in [1.807, 2.05) is 53.6 Å². The number of carbonyl (C=O) groups is 2. The normalized spacial score (nSPS) is 25.7. The minimum atomic E-state index is -0.0809. The first-order chi connectivity index (χ1) is 18.0. The minimum Gasteiger partial charge on any atom is -0.382 e. The quantitative estimate of drug-likeness (QED) is 0.364. The maximum absolute atomic E-state index is 13.7. The summed E-state index contributed by atoms with van der Waals surface area (Å²) >= 11 is 1.66. The molecule has 4 bridgehead atoms. The van der Waals surface area contributed by atoms with Crippen LogP contribution in [0.3, 0.4) is 0 Å². The van der Waals surface area contributed by atoms with Crippen molar-refractivity contribution in [3.63, 3.8) is 0 Å². The standard InChI is InChI=1S/C30H41N3O3S/c1-2-36-12-7-11-32(29(35)31-30-17-24-14-25(18-30)16-26(15-24)19-30)22-28(34)33(21-27-10-6-13-37-27)20-23-8-4-3-5-9-23/h3-6,8-10,13,24-26H,2,7,11-12,14-22H2,1H3,(H,31,35). The molecule has 3 amide bonds. The number of urea groups is 1. The molecule has 0 atom stereocenters. The largest absolute Gasteiger partial charge is 0.382 e. The minimum absolute atomic E-state index is 0.0191. The second kappa shape index (κ2) is 12.0. The molecule has 37 heavy (non-hydrogen) atoms. The van der Waals surface area contributed by atoms with Crippen LogP contribution in [0.25, 0.3) is 0 Å². The summed E-state index contributed by atoms with van der Waals surface area (Å²) in [5.41, 5.74) is 1.02. The van der Waals surface area contributed by atoms with E-state index >= 15 is 0 Å². The van der Waals surface area contributed by atoms with Crippen molar-refractivity contribution in [1.29, 1.82) is 0 Å². The van der Waals surface area contributed by atoms with Crippen molar-refractivity contribution in [3.05, 3.63) is 58.3 Å². The Kier molecular flexibility index (Phi) is 8.50. The Morgan fingerprint density at radius 2 is 1.68 bits per heavy atom. The van der Waals surface area contributed by atoms with Crippen LogP contribution in [0, 0.1) is 17.8 Å². The number of hydrogen-bond acceptors (Lipinski definition) is 4. The van der Waals surface area contributed by atoms with E-state index in [4.69, 9.17) is 4.74 Å². The molecule has 4 saturated carbocycles. The summed E-state index contributed by atoms with van der Waals surface area (Å²) in [4.78, 5) is 32.2. The van der Waals surface area contributed by atoms with Gasteiger partial charge in [-0.25, -0.2) is 4.79 Å². The number of carbonyl (C=O) groups excluding carboxylic acids is 2. The second-order valence-electron chi connectivity index (χ2n) is 11.4. The van der Waals surface area contributed by atoms with Crippen LogP contribution in [0.5, 0.6) is 0 Å². The van der Waals surface area contributed by atoms with Gasteiger partial charge in [0, 0.05) is 36.7 Å². The van der Waals surface area contributed by atoms with Gasteiger partial charge in [-0.3, -0.25) is 4.79 Å². The lowest BCUT2D eigenvalue weighted by molar-refractivity contribution is -0.133. The van der Waals surface area contributed by atoms with Crippen molar-refractivity contribution in [2.24, 2.45) is 17.8 Å². The maximum atomic E-state index is 13.7. The molecule has 7 heteroatoms. The highest BCUT2D eigenvalue weighted by Gasteiger charge is 2.51. The van der Waals surface area contributed by atoms with Gasteiger partial charge in [0.05, 0.1) is 6.54 Å². The molecule has 0 aliphatic heterocycles. The van der Waals surface area contributed by atoms with Gasteiger partial charge in [0.1, 0.15) is 6.54 Å². The number of nitrogens with zero attached hydrogens (tertiary/aromatic N) is 2. The number of hydrogen-bond donors (Lipinski definition) is 1. The monoisotopic (exact) mass is 523 g/mol. The van der Waals surface area contributed by atoms with Gasteiger partial charge < -0.3 is 19.9 Å². The van der Waals surface area contributed by atoms with Crippen molar-refractivity contribution < 1.29 is 14.3 Å². The van der Waals surface area contributed by atoms with Crippen LogP contribution in [-0.4, -0.2) is 53.6 Å². The average molecular weight is 524 g/mol. The zero-order chi connectivity index (χ0) is 25.7. The Morgan fingerprint density at radius 3 is 2.30 bits per heavy atom. The van der Waals surface area contributed by atoms with Crippen molar-refractivity contribution >= 4 is 23.3 Å². The average Bonchev–Trinajstić information content (AvgIpc) is 3.38. The Bertz CT molecular complexity index is 991. The van der Waals surface area contributed by atoms with Gasteiger partial charge in [0.25, 0.3) is 0 Å². The number of rotatable bonds is 12. The molecule has 4 fully saturated rings. The number of benzene rings is 1. The Balaban J connectivity index is 1.28. The zero-order valence-electron chi connectivity index (χ0n) is 22.1. The van der Waals surface area contributed by atoms with E-state index in [1.54, 1.807) is 16.2 Å². The number of amides is 3. The van der Waals surface area contributed by atoms with Gasteiger partial charge in [-0.05, 0) is 86.6 Å². The first kappa shape index (κ1) is 26.2. The molecule has 6 nitrogen and oxygen atoms in total. The molecule has 1 heterocycles. The summed E-state index contributed by atoms with van der Waals surface area (Å²) < 4.78 is 5.55. The smallest absolute Gasteiger partial charge is 0.318 e. The van der Waals surface area contributed by atoms with Gasteiger partial charge in [0.15, 0.2) is 0 Å². The molecule has 6 rings (SSSR count). The van der Waals surface area contributed by atoms with Gasteiger partial charge in [0.2, 0.25) is 5.91 Å². The molecule has 1 aromatic carbocycles. The maximum Gasteiger partial charge on any atom is 0.318 e. The summed E-state index contributed by atoms with van der Waals surface area (Å²) in [5, 5.41) is 5.52. The van der Waals surface area contributed by atoms with Gasteiger partial charge in [-0.1, -0.05) is 36.4 Å². The summed E-state index contributed by atoms with van der Waals surface area (Å²) in [6.07, 6.45) is 8.03. The molecule has 1 aromatic heterocycles. The highest BCUT2D eigenvalue weighted by atomic mass is 32.1. The molecule has 200 valence electrons. The molecule has 0 radical (unpaired) electrons. The van der Waals surface area contributed by atoms with E-state index < -0.39 is 0 Å². The highest BCUT2D eigenvalue weighted by Crippen LogP contribution is 2.55. The third kappa shape index (κ3) is 6.74. The van der Waals surface area contributed by atoms with Crippen molar-refractivity contribution in [3.8, 4) is 0 Å². The molecule has 0 unspecified atom stereocenters. The summed E-state index contributed by atoms with van der Waals surface area (Å²) in [6.45, 7) is 4.91. The van der Waals surface area contributed by atoms with E-state index in [1.165, 1.54) is 19.3 Å². The molecule has 4 aliphatic rings. The van der Waals surface area contributed by atoms with E-state index in [0.717, 1.165) is 53.9 Å². The first-order valence-electron chi connectivity index (χ1n) is 14.0. The summed E-state index contributed by atoms with van der Waals surface area (Å²) in [7, 11) is 0. The third-order valence-electron chi connectivity index (χ3n) is 8.44. The second-order valence-corrected chi connectivity index (χ2v) is 12.4. The predicted molar refractivity (Wildman–Crippen MR) is 147 cm³/mol. The van der Waals surface area contributed by atoms with Crippen molar-refractivity contribution in [2.75, 3.05) is 26.3 Å². The lowest BCUT2D eigenvalue weighted by Gasteiger charge is -2.57. The van der Waals surface area contributed by atoms with E-state index in [-0.39, 0.29) is 24.0 Å². The SMILES string of the molecule is CCOCCCN(CC(=O)N(Cc1ccccc1)Cc1cccs1)C(=O)NC12CC3CC(CC(C3)C1)C2. The van der Waals surface area contributed by atoms with E-state index in [2.05, 4.69) is 11.4 Å². The summed E-state index contributed by atoms with van der Waals surface area (Å²) in [5.74, 6) is 2.25. The zero-order valence-corrected chi connectivity index (χ0v) is 22.9. The van der Waals surface area contributed by atoms with Gasteiger partial charge in [-0.2, -0.15) is 0 Å². The fourth-order valence-electron chi connectivity index (χ4n) is 7.21. The molecule has 1 N–H and O–H groups in total. The molecule has 0 saturated heterocycles. The molecule has 0 spiro atoms. The van der Waals surface area contributed by atoms with Gasteiger partial charge >= 0.3 is 6.03 Å². The van der Waals surface area contributed by atoms with Crippen LogP contribution in [0.15, 0.2) is 47.8 Å². The highest BCUT2D eigenvalue weighted by molar-refractivity contribution is 7.09. The Morgan fingerprint density at radius 1 is 0.973 bits per heavy atom. The van der Waals surface area contributed by atoms with Crippen molar-refractivity contribution in [1.82, 2.24) is 15.1 Å². The van der Waals surface area contributed by atoms with Crippen molar-refractivity contribution in [2.45, 2.75) is 70.5 Å². The lowest BCUT2D eigenvalue weighted by Crippen LogP contribution is -2.62. The number of thiophene rings is 1. The van der Waals surface area contributed by atoms with E-state index in [0.29, 0.717) is 32.8 Å².